The number of hydrogen-bond donors (Lipinski definition) is 2. The fraction of sp³-hybridized carbons (Fsp3) is 0.364. The Hall–Kier alpha value is -2.78. The van der Waals surface area contributed by atoms with Crippen LogP contribution in [0.3, 0.4) is 0 Å². The van der Waals surface area contributed by atoms with Gasteiger partial charge in [0.2, 0.25) is 10.0 Å². The highest BCUT2D eigenvalue weighted by molar-refractivity contribution is 7.89. The fourth-order valence-corrected chi connectivity index (χ4v) is 6.14. The number of benzene rings is 2. The SMILES string of the molecule is Cc1cc(C)c(S(=O)(=O)N2CCC[C@@H]2CNC(=O)C(=O)Nc2ccc(F)cc2)c(C)c1. The van der Waals surface area contributed by atoms with Gasteiger partial charge in [-0.15, -0.1) is 0 Å². The van der Waals surface area contributed by atoms with E-state index in [2.05, 4.69) is 10.6 Å². The van der Waals surface area contributed by atoms with Crippen LogP contribution in [0.5, 0.6) is 0 Å². The number of hydrogen-bond acceptors (Lipinski definition) is 4. The second-order valence-corrected chi connectivity index (χ2v) is 9.64. The number of aryl methyl sites for hydroxylation is 3. The topological polar surface area (TPSA) is 95.6 Å². The Morgan fingerprint density at radius 2 is 1.68 bits per heavy atom. The molecule has 1 aliphatic rings. The van der Waals surface area contributed by atoms with E-state index in [4.69, 9.17) is 0 Å². The van der Waals surface area contributed by atoms with E-state index in [9.17, 15) is 22.4 Å². The predicted molar refractivity (Wildman–Crippen MR) is 116 cm³/mol. The quantitative estimate of drug-likeness (QED) is 0.689. The van der Waals surface area contributed by atoms with Gasteiger partial charge in [-0.25, -0.2) is 12.8 Å². The summed E-state index contributed by atoms with van der Waals surface area (Å²) in [6.07, 6.45) is 1.26. The van der Waals surface area contributed by atoms with Gasteiger partial charge in [-0.1, -0.05) is 17.7 Å². The summed E-state index contributed by atoms with van der Waals surface area (Å²) in [6.45, 7) is 5.86. The molecule has 1 atom stereocenters. The maximum Gasteiger partial charge on any atom is 0.313 e. The van der Waals surface area contributed by atoms with Crippen LogP contribution in [0.1, 0.15) is 29.5 Å². The molecule has 1 fully saturated rings. The van der Waals surface area contributed by atoms with Gasteiger partial charge in [0.15, 0.2) is 0 Å². The number of carbonyl (C=O) groups excluding carboxylic acids is 2. The van der Waals surface area contributed by atoms with Crippen LogP contribution in [0.15, 0.2) is 41.3 Å². The molecule has 3 rings (SSSR count). The summed E-state index contributed by atoms with van der Waals surface area (Å²) in [7, 11) is -3.74. The normalized spacial score (nSPS) is 16.8. The number of anilines is 1. The van der Waals surface area contributed by atoms with Crippen LogP contribution in [0.4, 0.5) is 10.1 Å². The second-order valence-electron chi connectivity index (χ2n) is 7.81. The van der Waals surface area contributed by atoms with Crippen molar-refractivity contribution < 1.29 is 22.4 Å². The van der Waals surface area contributed by atoms with Crippen LogP contribution in [0.25, 0.3) is 0 Å². The van der Waals surface area contributed by atoms with Crippen molar-refractivity contribution in [1.82, 2.24) is 9.62 Å². The van der Waals surface area contributed by atoms with Crippen molar-refractivity contribution in [2.24, 2.45) is 0 Å². The predicted octanol–water partition coefficient (Wildman–Crippen LogP) is 2.66. The van der Waals surface area contributed by atoms with Crippen LogP contribution in [-0.2, 0) is 19.6 Å². The van der Waals surface area contributed by atoms with Crippen molar-refractivity contribution in [3.8, 4) is 0 Å². The Kier molecular flexibility index (Phi) is 6.76. The van der Waals surface area contributed by atoms with Gasteiger partial charge >= 0.3 is 11.8 Å². The summed E-state index contributed by atoms with van der Waals surface area (Å²) < 4.78 is 41.1. The molecule has 166 valence electrons. The van der Waals surface area contributed by atoms with Crippen LogP contribution >= 0.6 is 0 Å². The monoisotopic (exact) mass is 447 g/mol. The summed E-state index contributed by atoms with van der Waals surface area (Å²) in [5.41, 5.74) is 2.65. The maximum atomic E-state index is 13.3. The maximum absolute atomic E-state index is 13.3. The molecule has 0 aliphatic carbocycles. The minimum Gasteiger partial charge on any atom is -0.346 e. The summed E-state index contributed by atoms with van der Waals surface area (Å²) >= 11 is 0. The second kappa shape index (κ2) is 9.15. The molecule has 2 aromatic carbocycles. The smallest absolute Gasteiger partial charge is 0.313 e. The van der Waals surface area contributed by atoms with Gasteiger partial charge in [0, 0.05) is 24.8 Å². The van der Waals surface area contributed by atoms with Gasteiger partial charge in [0.25, 0.3) is 0 Å². The van der Waals surface area contributed by atoms with E-state index in [0.717, 1.165) is 5.56 Å². The standard InChI is InChI=1S/C22H26FN3O4S/c1-14-11-15(2)20(16(3)12-14)31(29,30)26-10-4-5-19(26)13-24-21(27)22(28)25-18-8-6-17(23)7-9-18/h6-9,11-12,19H,4-5,10,13H2,1-3H3,(H,24,27)(H,25,28)/t19-/m1/s1. The molecule has 9 heteroatoms. The highest BCUT2D eigenvalue weighted by Crippen LogP contribution is 2.30. The molecule has 1 saturated heterocycles. The van der Waals surface area contributed by atoms with Gasteiger partial charge in [0.1, 0.15) is 5.82 Å². The third kappa shape index (κ3) is 5.11. The highest BCUT2D eigenvalue weighted by atomic mass is 32.2. The number of nitrogens with zero attached hydrogens (tertiary/aromatic N) is 1. The molecule has 7 nitrogen and oxygen atoms in total. The van der Waals surface area contributed by atoms with Crippen molar-refractivity contribution in [2.75, 3.05) is 18.4 Å². The van der Waals surface area contributed by atoms with Crippen LogP contribution in [-0.4, -0.2) is 43.7 Å². The number of carbonyl (C=O) groups is 2. The third-order valence-electron chi connectivity index (χ3n) is 5.30. The van der Waals surface area contributed by atoms with Crippen molar-refractivity contribution >= 4 is 27.5 Å². The highest BCUT2D eigenvalue weighted by Gasteiger charge is 2.37. The molecule has 1 heterocycles. The van der Waals surface area contributed by atoms with E-state index < -0.39 is 33.7 Å². The van der Waals surface area contributed by atoms with Crippen molar-refractivity contribution in [2.45, 2.75) is 44.6 Å². The minimum absolute atomic E-state index is 0.0266. The van der Waals surface area contributed by atoms with Crippen LogP contribution in [0.2, 0.25) is 0 Å². The van der Waals surface area contributed by atoms with E-state index in [1.165, 1.54) is 28.6 Å². The Morgan fingerprint density at radius 3 is 2.29 bits per heavy atom. The van der Waals surface area contributed by atoms with Crippen LogP contribution < -0.4 is 10.6 Å². The van der Waals surface area contributed by atoms with E-state index in [-0.39, 0.29) is 12.2 Å². The molecule has 31 heavy (non-hydrogen) atoms. The lowest BCUT2D eigenvalue weighted by molar-refractivity contribution is -0.136. The van der Waals surface area contributed by atoms with Gasteiger partial charge < -0.3 is 10.6 Å². The molecule has 0 saturated carbocycles. The first-order chi connectivity index (χ1) is 14.6. The lowest BCUT2D eigenvalue weighted by Crippen LogP contribution is -2.45. The number of halogens is 1. The molecule has 2 aromatic rings. The molecule has 0 aromatic heterocycles. The van der Waals surface area contributed by atoms with Crippen LogP contribution in [0, 0.1) is 26.6 Å². The number of nitrogens with one attached hydrogen (secondary N) is 2. The Labute approximate surface area is 181 Å². The zero-order valence-electron chi connectivity index (χ0n) is 17.7. The number of rotatable bonds is 5. The summed E-state index contributed by atoms with van der Waals surface area (Å²) in [4.78, 5) is 24.5. The molecule has 1 aliphatic heterocycles. The van der Waals surface area contributed by atoms with Gasteiger partial charge in [0.05, 0.1) is 4.90 Å². The van der Waals surface area contributed by atoms with Crippen molar-refractivity contribution in [1.29, 1.82) is 0 Å². The number of sulfonamides is 1. The Balaban J connectivity index is 1.67. The molecular weight excluding hydrogens is 421 g/mol. The molecule has 0 spiro atoms. The van der Waals surface area contributed by atoms with Gasteiger partial charge in [-0.3, -0.25) is 9.59 Å². The minimum atomic E-state index is -3.74. The Bertz CT molecular complexity index is 1080. The van der Waals surface area contributed by atoms with Crippen molar-refractivity contribution in [3.63, 3.8) is 0 Å². The summed E-state index contributed by atoms with van der Waals surface area (Å²) in [5, 5.41) is 4.90. The average molecular weight is 448 g/mol. The lowest BCUT2D eigenvalue weighted by Gasteiger charge is -2.26. The van der Waals surface area contributed by atoms with Crippen molar-refractivity contribution in [3.05, 3.63) is 58.9 Å². The summed E-state index contributed by atoms with van der Waals surface area (Å²) in [5.74, 6) is -2.23. The first kappa shape index (κ1) is 22.9. The van der Waals surface area contributed by atoms with E-state index in [1.807, 2.05) is 19.1 Å². The zero-order chi connectivity index (χ0) is 22.8. The lowest BCUT2D eigenvalue weighted by atomic mass is 10.1. The third-order valence-corrected chi connectivity index (χ3v) is 7.56. The zero-order valence-corrected chi connectivity index (χ0v) is 18.6. The molecule has 2 N–H and O–H groups in total. The molecule has 0 bridgehead atoms. The first-order valence-corrected chi connectivity index (χ1v) is 11.5. The molecule has 0 radical (unpaired) electrons. The summed E-state index contributed by atoms with van der Waals surface area (Å²) in [6, 6.07) is 8.27. The molecule has 0 unspecified atom stereocenters. The largest absolute Gasteiger partial charge is 0.346 e. The first-order valence-electron chi connectivity index (χ1n) is 10.0. The van der Waals surface area contributed by atoms with E-state index in [0.29, 0.717) is 35.4 Å². The average Bonchev–Trinajstić information content (AvgIpc) is 3.16. The fourth-order valence-electron chi connectivity index (χ4n) is 4.03. The van der Waals surface area contributed by atoms with E-state index in [1.54, 1.807) is 13.8 Å². The van der Waals surface area contributed by atoms with Gasteiger partial charge in [-0.05, 0) is 69.0 Å². The molecule has 2 amide bonds. The van der Waals surface area contributed by atoms with E-state index >= 15 is 0 Å². The van der Waals surface area contributed by atoms with Gasteiger partial charge in [-0.2, -0.15) is 4.31 Å². The number of amides is 2. The molecular formula is C22H26FN3O4S. The Morgan fingerprint density at radius 1 is 1.06 bits per heavy atom.